The summed E-state index contributed by atoms with van der Waals surface area (Å²) in [5, 5.41) is 0. The molecule has 2 nitrogen and oxygen atoms in total. The quantitative estimate of drug-likeness (QED) is 0.780. The Kier molecular flexibility index (Phi) is 4.67. The van der Waals surface area contributed by atoms with E-state index in [-0.39, 0.29) is 11.3 Å². The third-order valence-electron chi connectivity index (χ3n) is 2.11. The van der Waals surface area contributed by atoms with Crippen molar-refractivity contribution >= 4 is 16.7 Å². The molecule has 1 rings (SSSR count). The highest BCUT2D eigenvalue weighted by atomic mass is 32.2. The van der Waals surface area contributed by atoms with Crippen molar-refractivity contribution in [2.75, 3.05) is 6.67 Å². The van der Waals surface area contributed by atoms with Crippen molar-refractivity contribution in [3.8, 4) is 0 Å². The van der Waals surface area contributed by atoms with E-state index in [4.69, 9.17) is 0 Å². The zero-order valence-corrected chi connectivity index (χ0v) is 11.2. The molecule has 6 heteroatoms. The molecule has 18 heavy (non-hydrogen) atoms. The largest absolute Gasteiger partial charge is 0.244 e. The van der Waals surface area contributed by atoms with Crippen LogP contribution in [0.3, 0.4) is 0 Å². The fourth-order valence-electron chi connectivity index (χ4n) is 1.11. The van der Waals surface area contributed by atoms with Gasteiger partial charge in [0.05, 0.1) is 10.5 Å². The van der Waals surface area contributed by atoms with Gasteiger partial charge in [-0.05, 0) is 32.9 Å². The fraction of sp³-hybridized carbons (Fsp3) is 0.417. The van der Waals surface area contributed by atoms with Crippen molar-refractivity contribution in [3.05, 3.63) is 35.4 Å². The van der Waals surface area contributed by atoms with Gasteiger partial charge in [0.15, 0.2) is 11.6 Å². The Morgan fingerprint density at radius 3 is 2.44 bits per heavy atom. The van der Waals surface area contributed by atoms with Gasteiger partial charge in [0, 0.05) is 5.56 Å². The molecular weight excluding hydrogens is 263 g/mol. The van der Waals surface area contributed by atoms with Crippen LogP contribution in [-0.2, 0) is 11.0 Å². The monoisotopic (exact) mass is 277 g/mol. The van der Waals surface area contributed by atoms with Gasteiger partial charge in [-0.2, -0.15) is 4.40 Å². The van der Waals surface area contributed by atoms with Gasteiger partial charge in [0.25, 0.3) is 0 Å². The summed E-state index contributed by atoms with van der Waals surface area (Å²) in [5.41, 5.74) is -0.643. The molecule has 100 valence electrons. The van der Waals surface area contributed by atoms with Gasteiger partial charge in [0.1, 0.15) is 17.7 Å². The fourth-order valence-corrected chi connectivity index (χ4v) is 1.73. The molecule has 1 aromatic carbocycles. The minimum absolute atomic E-state index is 0.296. The van der Waals surface area contributed by atoms with Gasteiger partial charge < -0.3 is 0 Å². The second-order valence-corrected chi connectivity index (χ2v) is 6.54. The van der Waals surface area contributed by atoms with Crippen molar-refractivity contribution < 1.29 is 17.4 Å². The summed E-state index contributed by atoms with van der Waals surface area (Å²) >= 11 is 0. The van der Waals surface area contributed by atoms with Crippen LogP contribution in [0.15, 0.2) is 22.6 Å². The number of alkyl halides is 1. The van der Waals surface area contributed by atoms with Crippen molar-refractivity contribution in [1.29, 1.82) is 0 Å². The van der Waals surface area contributed by atoms with E-state index >= 15 is 0 Å². The lowest BCUT2D eigenvalue weighted by Gasteiger charge is -2.14. The Morgan fingerprint density at radius 1 is 1.33 bits per heavy atom. The minimum Gasteiger partial charge on any atom is -0.244 e. The molecule has 0 bridgehead atoms. The summed E-state index contributed by atoms with van der Waals surface area (Å²) in [4.78, 5) is 0. The molecule has 0 N–H and O–H groups in total. The number of benzene rings is 1. The molecule has 0 aliphatic heterocycles. The topological polar surface area (TPSA) is 29.4 Å². The first kappa shape index (κ1) is 14.9. The zero-order valence-electron chi connectivity index (χ0n) is 10.3. The van der Waals surface area contributed by atoms with Crippen LogP contribution in [0, 0.1) is 11.6 Å². The van der Waals surface area contributed by atoms with Crippen LogP contribution in [-0.4, -0.2) is 21.3 Å². The average molecular weight is 277 g/mol. The molecule has 0 heterocycles. The van der Waals surface area contributed by atoms with E-state index in [0.29, 0.717) is 0 Å². The van der Waals surface area contributed by atoms with Crippen LogP contribution in [0.4, 0.5) is 13.2 Å². The molecular formula is C12H14F3NOS. The van der Waals surface area contributed by atoms with Crippen LogP contribution in [0.25, 0.3) is 0 Å². The van der Waals surface area contributed by atoms with E-state index in [1.165, 1.54) is 12.1 Å². The van der Waals surface area contributed by atoms with Gasteiger partial charge in [-0.15, -0.1) is 0 Å². The number of halogens is 3. The van der Waals surface area contributed by atoms with Gasteiger partial charge in [-0.1, -0.05) is 6.07 Å². The lowest BCUT2D eigenvalue weighted by atomic mass is 10.1. The predicted octanol–water partition coefficient (Wildman–Crippen LogP) is 3.19. The summed E-state index contributed by atoms with van der Waals surface area (Å²) < 4.78 is 54.0. The van der Waals surface area contributed by atoms with E-state index in [1.54, 1.807) is 20.8 Å². The van der Waals surface area contributed by atoms with E-state index in [2.05, 4.69) is 4.40 Å². The summed E-state index contributed by atoms with van der Waals surface area (Å²) in [6.45, 7) is 3.86. The number of hydrogen-bond donors (Lipinski definition) is 0. The summed E-state index contributed by atoms with van der Waals surface area (Å²) in [7, 11) is -1.72. The minimum atomic E-state index is -1.72. The normalized spacial score (nSPS) is 14.7. The van der Waals surface area contributed by atoms with Crippen LogP contribution < -0.4 is 0 Å². The predicted molar refractivity (Wildman–Crippen MR) is 66.8 cm³/mol. The molecule has 0 saturated carbocycles. The number of rotatable bonds is 3. The summed E-state index contributed by atoms with van der Waals surface area (Å²) in [6.07, 6.45) is 0. The summed E-state index contributed by atoms with van der Waals surface area (Å²) in [5.74, 6) is -2.27. The first-order valence-electron chi connectivity index (χ1n) is 5.27. The van der Waals surface area contributed by atoms with Crippen molar-refractivity contribution in [1.82, 2.24) is 0 Å². The van der Waals surface area contributed by atoms with E-state index in [0.717, 1.165) is 6.07 Å². The molecule has 0 saturated heterocycles. The maximum atomic E-state index is 13.5. The van der Waals surface area contributed by atoms with Gasteiger partial charge >= 0.3 is 0 Å². The van der Waals surface area contributed by atoms with E-state index < -0.39 is 34.0 Å². The lowest BCUT2D eigenvalue weighted by molar-refractivity contribution is 0.505. The Bertz CT molecular complexity index is 495. The van der Waals surface area contributed by atoms with Gasteiger partial charge in [-0.25, -0.2) is 17.4 Å². The van der Waals surface area contributed by atoms with Gasteiger partial charge in [-0.3, -0.25) is 0 Å². The molecule has 0 fully saturated rings. The van der Waals surface area contributed by atoms with Crippen molar-refractivity contribution in [3.63, 3.8) is 0 Å². The molecule has 0 amide bonds. The second-order valence-electron chi connectivity index (χ2n) is 4.63. The lowest BCUT2D eigenvalue weighted by Crippen LogP contribution is -2.22. The zero-order chi connectivity index (χ0) is 13.9. The Labute approximate surface area is 107 Å². The molecule has 0 aliphatic carbocycles. The third kappa shape index (κ3) is 3.41. The highest BCUT2D eigenvalue weighted by Crippen LogP contribution is 2.17. The molecule has 1 atom stereocenters. The van der Waals surface area contributed by atoms with Crippen molar-refractivity contribution in [2.24, 2.45) is 4.40 Å². The molecule has 0 aliphatic rings. The SMILES string of the molecule is CC(C)(C)[S@@](=O)N=C(CF)c1cccc(F)c1F. The second kappa shape index (κ2) is 5.65. The highest BCUT2D eigenvalue weighted by molar-refractivity contribution is 7.85. The Hall–Kier alpha value is -1.17. The molecule has 0 spiro atoms. The van der Waals surface area contributed by atoms with E-state index in [1.807, 2.05) is 0 Å². The van der Waals surface area contributed by atoms with Crippen molar-refractivity contribution in [2.45, 2.75) is 25.5 Å². The number of hydrogen-bond acceptors (Lipinski definition) is 1. The molecule has 0 unspecified atom stereocenters. The average Bonchev–Trinajstić information content (AvgIpc) is 2.28. The molecule has 0 radical (unpaired) electrons. The standard InChI is InChI=1S/C12H14F3NOS/c1-12(2,3)18(17)16-10(7-13)8-5-4-6-9(14)11(8)15/h4-6H,7H2,1-3H3/t18-/m1/s1. The van der Waals surface area contributed by atoms with Crippen LogP contribution in [0.5, 0.6) is 0 Å². The third-order valence-corrected chi connectivity index (χ3v) is 3.54. The van der Waals surface area contributed by atoms with E-state index in [9.17, 15) is 17.4 Å². The Balaban J connectivity index is 3.23. The van der Waals surface area contributed by atoms with Crippen LogP contribution in [0.1, 0.15) is 26.3 Å². The first-order valence-corrected chi connectivity index (χ1v) is 6.38. The Morgan fingerprint density at radius 2 is 1.94 bits per heavy atom. The smallest absolute Gasteiger partial charge is 0.167 e. The first-order chi connectivity index (χ1) is 8.27. The highest BCUT2D eigenvalue weighted by Gasteiger charge is 2.21. The van der Waals surface area contributed by atoms with Gasteiger partial charge in [0.2, 0.25) is 0 Å². The molecule has 0 aromatic heterocycles. The molecule has 1 aromatic rings. The maximum absolute atomic E-state index is 13.5. The van der Waals surface area contributed by atoms with Crippen LogP contribution in [0.2, 0.25) is 0 Å². The number of nitrogens with zero attached hydrogens (tertiary/aromatic N) is 1. The van der Waals surface area contributed by atoms with Crippen LogP contribution >= 0.6 is 0 Å². The maximum Gasteiger partial charge on any atom is 0.167 e. The summed E-state index contributed by atoms with van der Waals surface area (Å²) in [6, 6.07) is 3.38.